The van der Waals surface area contributed by atoms with Gasteiger partial charge in [-0.1, -0.05) is 18.2 Å². The molecule has 3 fully saturated rings. The fourth-order valence-electron chi connectivity index (χ4n) is 5.85. The molecule has 1 aromatic heterocycles. The molecule has 2 N–H and O–H groups in total. The second-order valence-corrected chi connectivity index (χ2v) is 11.8. The van der Waals surface area contributed by atoms with Gasteiger partial charge in [-0.2, -0.15) is 0 Å². The summed E-state index contributed by atoms with van der Waals surface area (Å²) in [5.74, 6) is 1.78. The van der Waals surface area contributed by atoms with Crippen LogP contribution in [0.5, 0.6) is 5.75 Å². The lowest BCUT2D eigenvalue weighted by Gasteiger charge is -2.43. The Morgan fingerprint density at radius 1 is 1.13 bits per heavy atom. The van der Waals surface area contributed by atoms with E-state index in [1.54, 1.807) is 12.0 Å². The number of carbonyl (C=O) groups excluding carboxylic acids is 2. The minimum Gasteiger partial charge on any atom is -0.497 e. The van der Waals surface area contributed by atoms with Crippen LogP contribution in [0.25, 0.3) is 0 Å². The largest absolute Gasteiger partial charge is 0.497 e. The lowest BCUT2D eigenvalue weighted by atomic mass is 9.86. The summed E-state index contributed by atoms with van der Waals surface area (Å²) in [4.78, 5) is 37.3. The van der Waals surface area contributed by atoms with Crippen molar-refractivity contribution in [2.24, 2.45) is 0 Å². The maximum atomic E-state index is 14.0. The lowest BCUT2D eigenvalue weighted by Crippen LogP contribution is -2.55. The van der Waals surface area contributed by atoms with Crippen LogP contribution in [0.2, 0.25) is 0 Å². The number of urea groups is 1. The average molecular weight is 537 g/mol. The lowest BCUT2D eigenvalue weighted by molar-refractivity contribution is 0.00785. The summed E-state index contributed by atoms with van der Waals surface area (Å²) in [6.45, 7) is 11.4. The second-order valence-electron chi connectivity index (χ2n) is 11.8. The van der Waals surface area contributed by atoms with Gasteiger partial charge < -0.3 is 19.3 Å². The number of amides is 3. The smallest absolute Gasteiger partial charge is 0.410 e. The first kappa shape index (κ1) is 27.2. The van der Waals surface area contributed by atoms with Gasteiger partial charge in [-0.3, -0.25) is 15.8 Å². The third-order valence-electron chi connectivity index (χ3n) is 7.96. The van der Waals surface area contributed by atoms with Crippen molar-refractivity contribution in [1.82, 2.24) is 25.6 Å². The summed E-state index contributed by atoms with van der Waals surface area (Å²) in [5, 5.41) is 0. The van der Waals surface area contributed by atoms with Crippen LogP contribution in [0.15, 0.2) is 36.4 Å². The van der Waals surface area contributed by atoms with Crippen molar-refractivity contribution in [3.8, 4) is 5.75 Å². The number of benzene rings is 1. The van der Waals surface area contributed by atoms with E-state index in [0.29, 0.717) is 50.8 Å². The van der Waals surface area contributed by atoms with E-state index in [0.717, 1.165) is 30.1 Å². The number of aromatic nitrogens is 1. The fraction of sp³-hybridized carbons (Fsp3) is 0.552. The maximum Gasteiger partial charge on any atom is 0.410 e. The number of aryl methyl sites for hydroxylation is 1. The Morgan fingerprint density at radius 3 is 2.49 bits per heavy atom. The van der Waals surface area contributed by atoms with Crippen LogP contribution in [0.4, 0.5) is 15.4 Å². The summed E-state index contributed by atoms with van der Waals surface area (Å²) in [7, 11) is 1.64. The van der Waals surface area contributed by atoms with Crippen molar-refractivity contribution >= 4 is 17.9 Å². The summed E-state index contributed by atoms with van der Waals surface area (Å²) in [6.07, 6.45) is 1.02. The zero-order chi connectivity index (χ0) is 27.8. The van der Waals surface area contributed by atoms with Gasteiger partial charge in [0, 0.05) is 44.3 Å². The summed E-state index contributed by atoms with van der Waals surface area (Å²) >= 11 is 0. The number of likely N-dealkylation sites (tertiary alicyclic amines) is 1. The molecule has 0 aliphatic carbocycles. The third-order valence-corrected chi connectivity index (χ3v) is 7.96. The van der Waals surface area contributed by atoms with Gasteiger partial charge in [-0.15, -0.1) is 0 Å². The van der Waals surface area contributed by atoms with Crippen LogP contribution >= 0.6 is 0 Å². The van der Waals surface area contributed by atoms with Gasteiger partial charge in [0.2, 0.25) is 0 Å². The van der Waals surface area contributed by atoms with Crippen molar-refractivity contribution < 1.29 is 19.1 Å². The van der Waals surface area contributed by atoms with Crippen molar-refractivity contribution in [3.05, 3.63) is 53.2 Å². The molecule has 3 aliphatic rings. The van der Waals surface area contributed by atoms with Gasteiger partial charge >= 0.3 is 12.1 Å². The highest BCUT2D eigenvalue weighted by molar-refractivity contribution is 5.94. The quantitative estimate of drug-likeness (QED) is 0.600. The molecule has 10 nitrogen and oxygen atoms in total. The number of ether oxygens (including phenoxy) is 2. The highest BCUT2D eigenvalue weighted by atomic mass is 16.6. The van der Waals surface area contributed by atoms with E-state index in [1.165, 1.54) is 5.56 Å². The SMILES string of the molecule is COc1cccc(CN2C(=O)N(c3ccc(C4CNNC4)c(C)n3)CC23CCN(C(=O)OC(C)(C)C)CC3)c1. The van der Waals surface area contributed by atoms with Crippen molar-refractivity contribution in [3.63, 3.8) is 0 Å². The molecule has 0 atom stereocenters. The molecule has 0 unspecified atom stereocenters. The molecule has 0 saturated carbocycles. The monoisotopic (exact) mass is 536 g/mol. The second kappa shape index (κ2) is 10.7. The van der Waals surface area contributed by atoms with Crippen molar-refractivity contribution in [2.45, 2.75) is 64.1 Å². The van der Waals surface area contributed by atoms with Crippen LogP contribution in [0.3, 0.4) is 0 Å². The first-order chi connectivity index (χ1) is 18.6. The van der Waals surface area contributed by atoms with Crippen LogP contribution in [-0.2, 0) is 11.3 Å². The normalized spacial score (nSPS) is 19.7. The summed E-state index contributed by atoms with van der Waals surface area (Å²) in [5.41, 5.74) is 8.52. The summed E-state index contributed by atoms with van der Waals surface area (Å²) in [6, 6.07) is 11.8. The van der Waals surface area contributed by atoms with Gasteiger partial charge in [0.05, 0.1) is 19.2 Å². The molecule has 0 radical (unpaired) electrons. The molecule has 3 saturated heterocycles. The molecule has 210 valence electrons. The number of hydrogen-bond donors (Lipinski definition) is 2. The molecule has 1 aromatic carbocycles. The maximum absolute atomic E-state index is 14.0. The Balaban J connectivity index is 1.41. The number of piperidine rings is 1. The molecule has 1 spiro atoms. The van der Waals surface area contributed by atoms with E-state index in [4.69, 9.17) is 14.5 Å². The molecular weight excluding hydrogens is 496 g/mol. The Morgan fingerprint density at radius 2 is 1.85 bits per heavy atom. The number of hydrogen-bond acceptors (Lipinski definition) is 7. The minimum atomic E-state index is -0.551. The molecule has 39 heavy (non-hydrogen) atoms. The molecule has 3 amide bonds. The molecule has 0 bridgehead atoms. The fourth-order valence-corrected chi connectivity index (χ4v) is 5.85. The highest BCUT2D eigenvalue weighted by Gasteiger charge is 2.52. The van der Waals surface area contributed by atoms with E-state index in [1.807, 2.05) is 67.8 Å². The highest BCUT2D eigenvalue weighted by Crippen LogP contribution is 2.40. The predicted octanol–water partition coefficient (Wildman–Crippen LogP) is 3.80. The van der Waals surface area contributed by atoms with Gasteiger partial charge in [0.1, 0.15) is 17.2 Å². The van der Waals surface area contributed by atoms with Gasteiger partial charge in [-0.05, 0) is 69.9 Å². The van der Waals surface area contributed by atoms with E-state index in [9.17, 15) is 9.59 Å². The number of nitrogens with zero attached hydrogens (tertiary/aromatic N) is 4. The van der Waals surface area contributed by atoms with Crippen molar-refractivity contribution in [1.29, 1.82) is 0 Å². The Hall–Kier alpha value is -3.37. The van der Waals surface area contributed by atoms with Crippen LogP contribution < -0.4 is 20.5 Å². The van der Waals surface area contributed by atoms with Crippen molar-refractivity contribution in [2.75, 3.05) is 44.7 Å². The number of hydrazine groups is 1. The van der Waals surface area contributed by atoms with Crippen LogP contribution in [0, 0.1) is 6.92 Å². The average Bonchev–Trinajstić information content (AvgIpc) is 3.52. The number of anilines is 1. The van der Waals surface area contributed by atoms with Gasteiger partial charge in [0.15, 0.2) is 0 Å². The molecule has 3 aliphatic heterocycles. The van der Waals surface area contributed by atoms with E-state index in [2.05, 4.69) is 16.9 Å². The first-order valence-electron chi connectivity index (χ1n) is 13.7. The first-order valence-corrected chi connectivity index (χ1v) is 13.7. The van der Waals surface area contributed by atoms with Crippen LogP contribution in [0.1, 0.15) is 56.4 Å². The summed E-state index contributed by atoms with van der Waals surface area (Å²) < 4.78 is 11.0. The molecule has 4 heterocycles. The molecule has 2 aromatic rings. The number of methoxy groups -OCH3 is 1. The van der Waals surface area contributed by atoms with Crippen LogP contribution in [-0.4, -0.2) is 77.9 Å². The van der Waals surface area contributed by atoms with E-state index >= 15 is 0 Å². The predicted molar refractivity (Wildman–Crippen MR) is 149 cm³/mol. The molecule has 5 rings (SSSR count). The Labute approximate surface area is 230 Å². The number of rotatable bonds is 5. The molecule has 10 heteroatoms. The van der Waals surface area contributed by atoms with E-state index in [-0.39, 0.29) is 12.1 Å². The zero-order valence-corrected chi connectivity index (χ0v) is 23.6. The number of pyridine rings is 1. The topological polar surface area (TPSA) is 99.3 Å². The minimum absolute atomic E-state index is 0.0626. The Bertz CT molecular complexity index is 1210. The third kappa shape index (κ3) is 5.67. The zero-order valence-electron chi connectivity index (χ0n) is 23.6. The number of nitrogens with one attached hydrogen (secondary N) is 2. The van der Waals surface area contributed by atoms with Gasteiger partial charge in [-0.25, -0.2) is 14.6 Å². The molecular formula is C29H40N6O4. The Kier molecular flexibility index (Phi) is 7.43. The van der Waals surface area contributed by atoms with E-state index < -0.39 is 11.1 Å². The van der Waals surface area contributed by atoms with Gasteiger partial charge in [0.25, 0.3) is 0 Å². The number of carbonyl (C=O) groups is 2. The standard InChI is InChI=1S/C29H40N6O4/c1-20-24(22-16-30-31-17-22)9-10-25(32-20)34-19-29(11-13-33(14-12-29)27(37)39-28(2,3)4)35(26(34)36)18-21-7-6-8-23(15-21)38-5/h6-10,15,22,30-31H,11-14,16-19H2,1-5H3.